The second kappa shape index (κ2) is 9.79. The Morgan fingerprint density at radius 3 is 2.67 bits per heavy atom. The molecule has 0 aliphatic rings. The minimum absolute atomic E-state index is 0.216. The van der Waals surface area contributed by atoms with Crippen LogP contribution in [0.5, 0.6) is 5.75 Å². The molecular formula is C25H23N7O4. The van der Waals surface area contributed by atoms with Crippen molar-refractivity contribution in [3.63, 3.8) is 0 Å². The molecule has 182 valence electrons. The summed E-state index contributed by atoms with van der Waals surface area (Å²) in [6.45, 7) is 5.45. The zero-order valence-electron chi connectivity index (χ0n) is 20.1. The molecule has 0 bridgehead atoms. The first-order chi connectivity index (χ1) is 17.2. The predicted octanol–water partition coefficient (Wildman–Crippen LogP) is 2.94. The Hall–Kier alpha value is -4.85. The number of aryl methyl sites for hydroxylation is 2. The van der Waals surface area contributed by atoms with Gasteiger partial charge in [0.05, 0.1) is 34.9 Å². The van der Waals surface area contributed by atoms with Crippen LogP contribution in [0.4, 0.5) is 5.69 Å². The van der Waals surface area contributed by atoms with Crippen LogP contribution >= 0.6 is 0 Å². The van der Waals surface area contributed by atoms with Gasteiger partial charge in [-0.1, -0.05) is 30.3 Å². The van der Waals surface area contributed by atoms with E-state index in [-0.39, 0.29) is 11.5 Å². The van der Waals surface area contributed by atoms with E-state index in [1.165, 1.54) is 24.1 Å². The van der Waals surface area contributed by atoms with Crippen molar-refractivity contribution in [3.8, 4) is 11.8 Å². The van der Waals surface area contributed by atoms with Crippen LogP contribution in [0.1, 0.15) is 63.3 Å². The zero-order chi connectivity index (χ0) is 26.0. The van der Waals surface area contributed by atoms with E-state index in [0.717, 1.165) is 0 Å². The number of aromatic hydroxyl groups is 1. The van der Waals surface area contributed by atoms with Gasteiger partial charge in [0.25, 0.3) is 11.5 Å². The number of amides is 1. The normalized spacial score (nSPS) is 12.5. The Morgan fingerprint density at radius 2 is 1.97 bits per heavy atom. The van der Waals surface area contributed by atoms with E-state index in [1.807, 2.05) is 32.9 Å². The third kappa shape index (κ3) is 4.44. The van der Waals surface area contributed by atoms with E-state index in [9.17, 15) is 20.0 Å². The van der Waals surface area contributed by atoms with Gasteiger partial charge < -0.3 is 14.9 Å². The fourth-order valence-corrected chi connectivity index (χ4v) is 4.15. The molecule has 0 saturated carbocycles. The molecule has 11 nitrogen and oxygen atoms in total. The van der Waals surface area contributed by atoms with Crippen LogP contribution < -0.4 is 10.9 Å². The topological polar surface area (TPSA) is 160 Å². The highest BCUT2D eigenvalue weighted by molar-refractivity contribution is 6.04. The lowest BCUT2D eigenvalue weighted by atomic mass is 9.81. The van der Waals surface area contributed by atoms with Crippen molar-refractivity contribution < 1.29 is 14.4 Å². The lowest BCUT2D eigenvalue weighted by Crippen LogP contribution is -2.30. The van der Waals surface area contributed by atoms with Crippen LogP contribution in [0.15, 0.2) is 52.2 Å². The molecule has 0 spiro atoms. The monoisotopic (exact) mass is 485 g/mol. The van der Waals surface area contributed by atoms with Gasteiger partial charge in [-0.2, -0.15) is 5.26 Å². The molecule has 0 fully saturated rings. The van der Waals surface area contributed by atoms with Crippen molar-refractivity contribution in [2.45, 2.75) is 32.6 Å². The molecule has 2 atom stereocenters. The molecule has 0 saturated heterocycles. The van der Waals surface area contributed by atoms with Crippen LogP contribution in [0.2, 0.25) is 0 Å². The standard InChI is InChI=1S/C25H23N7O4/c1-13-10-27-15(3)20(29-13)19(18-8-6-5-7-16(18)9-26)14(2)23-31-21(22(33)25(35)32(23)4)24(34)30-17-11-28-36-12-17/h5-8,10-12,14,19,33H,1-4H3,(H,30,34)/t14-,19+/m1/s1. The summed E-state index contributed by atoms with van der Waals surface area (Å²) in [5, 5.41) is 26.3. The van der Waals surface area contributed by atoms with E-state index >= 15 is 0 Å². The van der Waals surface area contributed by atoms with Gasteiger partial charge in [-0.15, -0.1) is 0 Å². The van der Waals surface area contributed by atoms with E-state index in [2.05, 4.69) is 26.5 Å². The fraction of sp³-hybridized carbons (Fsp3) is 0.240. The summed E-state index contributed by atoms with van der Waals surface area (Å²) in [4.78, 5) is 39.4. The van der Waals surface area contributed by atoms with Gasteiger partial charge in [-0.25, -0.2) is 4.98 Å². The molecule has 4 aromatic rings. The summed E-state index contributed by atoms with van der Waals surface area (Å²) >= 11 is 0. The van der Waals surface area contributed by atoms with Gasteiger partial charge in [-0.05, 0) is 25.5 Å². The van der Waals surface area contributed by atoms with Crippen molar-refractivity contribution in [1.29, 1.82) is 5.26 Å². The second-order valence-electron chi connectivity index (χ2n) is 8.35. The van der Waals surface area contributed by atoms with Crippen LogP contribution in [-0.2, 0) is 7.05 Å². The number of rotatable bonds is 6. The molecule has 3 heterocycles. The van der Waals surface area contributed by atoms with Crippen LogP contribution in [0.3, 0.4) is 0 Å². The number of hydrogen-bond acceptors (Lipinski definition) is 9. The number of hydrogen-bond donors (Lipinski definition) is 2. The lowest BCUT2D eigenvalue weighted by molar-refractivity contribution is 0.101. The summed E-state index contributed by atoms with van der Waals surface area (Å²) in [5.74, 6) is -2.47. The first-order valence-corrected chi connectivity index (χ1v) is 11.0. The van der Waals surface area contributed by atoms with E-state index in [4.69, 9.17) is 9.51 Å². The second-order valence-corrected chi connectivity index (χ2v) is 8.35. The Labute approximate surface area is 206 Å². The van der Waals surface area contributed by atoms with E-state index < -0.39 is 34.7 Å². The molecule has 4 rings (SSSR count). The number of carbonyl (C=O) groups is 1. The SMILES string of the molecule is Cc1cnc(C)c([C@H](c2ccccc2C#N)[C@@H](C)c2nc(C(=O)Nc3cnoc3)c(O)c(=O)n2C)n1. The largest absolute Gasteiger partial charge is 0.501 e. The quantitative estimate of drug-likeness (QED) is 0.418. The third-order valence-electron chi connectivity index (χ3n) is 5.94. The number of aromatic nitrogens is 5. The maximum atomic E-state index is 12.9. The van der Waals surface area contributed by atoms with Crippen LogP contribution in [-0.4, -0.2) is 35.7 Å². The van der Waals surface area contributed by atoms with E-state index in [0.29, 0.717) is 28.2 Å². The molecule has 1 amide bonds. The van der Waals surface area contributed by atoms with Gasteiger partial charge in [-0.3, -0.25) is 24.1 Å². The van der Waals surface area contributed by atoms with Crippen LogP contribution in [0.25, 0.3) is 0 Å². The van der Waals surface area contributed by atoms with Gasteiger partial charge in [0.15, 0.2) is 5.69 Å². The highest BCUT2D eigenvalue weighted by Crippen LogP contribution is 2.39. The smallest absolute Gasteiger partial charge is 0.296 e. The predicted molar refractivity (Wildman–Crippen MR) is 129 cm³/mol. The average molecular weight is 486 g/mol. The third-order valence-corrected chi connectivity index (χ3v) is 5.94. The molecule has 11 heteroatoms. The highest BCUT2D eigenvalue weighted by atomic mass is 16.5. The molecular weight excluding hydrogens is 462 g/mol. The van der Waals surface area contributed by atoms with E-state index in [1.54, 1.807) is 18.3 Å². The molecule has 36 heavy (non-hydrogen) atoms. The summed E-state index contributed by atoms with van der Waals surface area (Å²) < 4.78 is 5.90. The number of anilines is 1. The molecule has 1 aromatic carbocycles. The van der Waals surface area contributed by atoms with Gasteiger partial charge in [0.2, 0.25) is 5.75 Å². The van der Waals surface area contributed by atoms with Crippen molar-refractivity contribution in [2.24, 2.45) is 7.05 Å². The Balaban J connectivity index is 1.91. The molecule has 0 radical (unpaired) electrons. The molecule has 0 aliphatic carbocycles. The molecule has 2 N–H and O–H groups in total. The minimum atomic E-state index is -0.803. The number of nitrogens with one attached hydrogen (secondary N) is 1. The van der Waals surface area contributed by atoms with Crippen molar-refractivity contribution in [2.75, 3.05) is 5.32 Å². The summed E-state index contributed by atoms with van der Waals surface area (Å²) in [6, 6.07) is 9.32. The maximum Gasteiger partial charge on any atom is 0.296 e. The summed E-state index contributed by atoms with van der Waals surface area (Å²) in [5.41, 5.74) is 2.07. The highest BCUT2D eigenvalue weighted by Gasteiger charge is 2.32. The molecule has 3 aromatic heterocycles. The van der Waals surface area contributed by atoms with Gasteiger partial charge in [0.1, 0.15) is 17.8 Å². The summed E-state index contributed by atoms with van der Waals surface area (Å²) in [6.07, 6.45) is 4.12. The van der Waals surface area contributed by atoms with Gasteiger partial charge in [0, 0.05) is 25.1 Å². The Kier molecular flexibility index (Phi) is 6.60. The molecule has 0 aliphatic heterocycles. The number of carbonyl (C=O) groups excluding carboxylic acids is 1. The Bertz CT molecular complexity index is 1540. The van der Waals surface area contributed by atoms with Gasteiger partial charge >= 0.3 is 0 Å². The lowest BCUT2D eigenvalue weighted by Gasteiger charge is -2.27. The van der Waals surface area contributed by atoms with Crippen molar-refractivity contribution in [1.82, 2.24) is 24.7 Å². The number of benzene rings is 1. The maximum absolute atomic E-state index is 12.9. The summed E-state index contributed by atoms with van der Waals surface area (Å²) in [7, 11) is 1.46. The first-order valence-electron chi connectivity index (χ1n) is 11.0. The zero-order valence-corrected chi connectivity index (χ0v) is 20.1. The fourth-order valence-electron chi connectivity index (χ4n) is 4.15. The number of nitrogens with zero attached hydrogens (tertiary/aromatic N) is 6. The first kappa shape index (κ1) is 24.3. The van der Waals surface area contributed by atoms with Crippen molar-refractivity contribution >= 4 is 11.6 Å². The number of nitriles is 1. The van der Waals surface area contributed by atoms with Crippen LogP contribution in [0, 0.1) is 25.2 Å². The average Bonchev–Trinajstić information content (AvgIpc) is 3.38. The molecule has 0 unspecified atom stereocenters. The van der Waals surface area contributed by atoms with Crippen molar-refractivity contribution in [3.05, 3.63) is 93.0 Å². The Morgan fingerprint density at radius 1 is 1.22 bits per heavy atom. The minimum Gasteiger partial charge on any atom is -0.501 e.